The molecule has 0 amide bonds. The fraction of sp³-hybridized carbons (Fsp3) is 0.600. The Labute approximate surface area is 72.0 Å². The van der Waals surface area contributed by atoms with Crippen molar-refractivity contribution in [1.29, 1.82) is 0 Å². The fourth-order valence-electron chi connectivity index (χ4n) is 0.686. The van der Waals surface area contributed by atoms with Crippen molar-refractivity contribution in [3.63, 3.8) is 0 Å². The van der Waals surface area contributed by atoms with Gasteiger partial charge in [-0.1, -0.05) is 56.9 Å². The van der Waals surface area contributed by atoms with E-state index in [1.807, 2.05) is 0 Å². The van der Waals surface area contributed by atoms with Gasteiger partial charge in [-0.3, -0.25) is 0 Å². The molecule has 1 heteroatoms. The van der Waals surface area contributed by atoms with Crippen LogP contribution < -0.4 is 0 Å². The summed E-state index contributed by atoms with van der Waals surface area (Å²) in [6, 6.07) is 0. The summed E-state index contributed by atoms with van der Waals surface area (Å²) in [6.07, 6.45) is 9.05. The number of hydrogen-bond donors (Lipinski definition) is 0. The first-order valence-electron chi connectivity index (χ1n) is 4.40. The highest BCUT2D eigenvalue weighted by atomic mass is 28.3. The molecule has 0 nitrogen and oxygen atoms in total. The van der Waals surface area contributed by atoms with Gasteiger partial charge >= 0.3 is 0 Å². The first-order valence-corrected chi connectivity index (χ1v) is 7.98. The zero-order valence-corrected chi connectivity index (χ0v) is 9.22. The molecule has 0 saturated heterocycles. The second-order valence-electron chi connectivity index (χ2n) is 3.94. The molecule has 0 fully saturated rings. The molecule has 0 saturated carbocycles. The zero-order valence-electron chi connectivity index (χ0n) is 8.22. The highest BCUT2D eigenvalue weighted by Gasteiger charge is 2.05. The van der Waals surface area contributed by atoms with Crippen molar-refractivity contribution in [1.82, 2.24) is 0 Å². The third-order valence-electron chi connectivity index (χ3n) is 1.30. The van der Waals surface area contributed by atoms with Gasteiger partial charge in [-0.15, -0.1) is 0 Å². The van der Waals surface area contributed by atoms with E-state index in [0.717, 1.165) is 0 Å². The van der Waals surface area contributed by atoms with Gasteiger partial charge in [-0.2, -0.15) is 0 Å². The van der Waals surface area contributed by atoms with Crippen molar-refractivity contribution < 1.29 is 0 Å². The highest BCUT2D eigenvalue weighted by Crippen LogP contribution is 2.01. The Morgan fingerprint density at radius 2 is 1.73 bits per heavy atom. The van der Waals surface area contributed by atoms with Gasteiger partial charge in [0.1, 0.15) is 0 Å². The standard InChI is InChI=1S/C10H20Si/c1-5-6-7-8-9-10-11(2,3)4/h7-10H,5-6H2,1-4H3/b8-7+,10-9+. The maximum atomic E-state index is 2.36. The predicted molar refractivity (Wildman–Crippen MR) is 56.5 cm³/mol. The molecule has 0 unspecified atom stereocenters. The quantitative estimate of drug-likeness (QED) is 0.443. The third-order valence-corrected chi connectivity index (χ3v) is 2.49. The molecule has 0 aliphatic carbocycles. The molecule has 0 aromatic rings. The number of unbranched alkanes of at least 4 members (excludes halogenated alkanes) is 1. The van der Waals surface area contributed by atoms with Crippen LogP contribution in [0.2, 0.25) is 19.6 Å². The van der Waals surface area contributed by atoms with Crippen LogP contribution >= 0.6 is 0 Å². The van der Waals surface area contributed by atoms with Crippen LogP contribution in [0.5, 0.6) is 0 Å². The van der Waals surface area contributed by atoms with Gasteiger partial charge in [-0.05, 0) is 6.42 Å². The Bertz CT molecular complexity index is 137. The lowest BCUT2D eigenvalue weighted by molar-refractivity contribution is 0.959. The molecule has 0 atom stereocenters. The van der Waals surface area contributed by atoms with Crippen molar-refractivity contribution in [3.05, 3.63) is 23.9 Å². The summed E-state index contributed by atoms with van der Waals surface area (Å²) in [6.45, 7) is 9.23. The Morgan fingerprint density at radius 1 is 1.09 bits per heavy atom. The molecule has 64 valence electrons. The van der Waals surface area contributed by atoms with Gasteiger partial charge in [0, 0.05) is 0 Å². The molecule has 0 heterocycles. The van der Waals surface area contributed by atoms with Crippen molar-refractivity contribution in [2.24, 2.45) is 0 Å². The molecular weight excluding hydrogens is 148 g/mol. The van der Waals surface area contributed by atoms with E-state index in [0.29, 0.717) is 0 Å². The summed E-state index contributed by atoms with van der Waals surface area (Å²) in [5.41, 5.74) is 2.36. The Balaban J connectivity index is 3.60. The molecule has 0 N–H and O–H groups in total. The zero-order chi connectivity index (χ0) is 8.74. The summed E-state index contributed by atoms with van der Waals surface area (Å²) in [5, 5.41) is 0. The lowest BCUT2D eigenvalue weighted by Crippen LogP contribution is -2.14. The van der Waals surface area contributed by atoms with Crippen LogP contribution in [-0.4, -0.2) is 8.07 Å². The maximum Gasteiger partial charge on any atom is 0.0686 e. The van der Waals surface area contributed by atoms with Crippen molar-refractivity contribution >= 4 is 8.07 Å². The maximum absolute atomic E-state index is 2.36. The van der Waals surface area contributed by atoms with Crippen LogP contribution in [0.3, 0.4) is 0 Å². The van der Waals surface area contributed by atoms with Gasteiger partial charge in [0.25, 0.3) is 0 Å². The summed E-state index contributed by atoms with van der Waals surface area (Å²) in [7, 11) is -0.949. The number of allylic oxidation sites excluding steroid dienone is 3. The molecule has 0 radical (unpaired) electrons. The van der Waals surface area contributed by atoms with Crippen molar-refractivity contribution in [2.75, 3.05) is 0 Å². The van der Waals surface area contributed by atoms with E-state index in [2.05, 4.69) is 50.5 Å². The molecule has 0 spiro atoms. The third kappa shape index (κ3) is 9.70. The molecule has 0 aliphatic heterocycles. The van der Waals surface area contributed by atoms with Crippen LogP contribution in [0.15, 0.2) is 23.9 Å². The van der Waals surface area contributed by atoms with Crippen LogP contribution in [0.25, 0.3) is 0 Å². The molecule has 0 aliphatic rings. The van der Waals surface area contributed by atoms with E-state index < -0.39 is 8.07 Å². The topological polar surface area (TPSA) is 0 Å². The summed E-state index contributed by atoms with van der Waals surface area (Å²) in [5.74, 6) is 0. The van der Waals surface area contributed by atoms with Crippen LogP contribution in [0.1, 0.15) is 19.8 Å². The van der Waals surface area contributed by atoms with E-state index in [1.54, 1.807) is 0 Å². The molecule has 0 bridgehead atoms. The summed E-state index contributed by atoms with van der Waals surface area (Å²) in [4.78, 5) is 0. The van der Waals surface area contributed by atoms with E-state index in [9.17, 15) is 0 Å². The van der Waals surface area contributed by atoms with E-state index in [4.69, 9.17) is 0 Å². The first-order chi connectivity index (χ1) is 5.06. The minimum Gasteiger partial charge on any atom is -0.0950 e. The Morgan fingerprint density at radius 3 is 2.18 bits per heavy atom. The van der Waals surface area contributed by atoms with Gasteiger partial charge in [0.2, 0.25) is 0 Å². The summed E-state index contributed by atoms with van der Waals surface area (Å²) >= 11 is 0. The van der Waals surface area contributed by atoms with E-state index in [1.165, 1.54) is 12.8 Å². The molecule has 0 aromatic carbocycles. The molecule has 11 heavy (non-hydrogen) atoms. The molecule has 0 rings (SSSR count). The SMILES string of the molecule is CCC/C=C/C=C/[Si](C)(C)C. The van der Waals surface area contributed by atoms with Gasteiger partial charge in [0.15, 0.2) is 0 Å². The minimum absolute atomic E-state index is 0.949. The number of hydrogen-bond acceptors (Lipinski definition) is 0. The van der Waals surface area contributed by atoms with Crippen LogP contribution in [-0.2, 0) is 0 Å². The predicted octanol–water partition coefficient (Wildman–Crippen LogP) is 3.78. The molecular formula is C10H20Si. The van der Waals surface area contributed by atoms with Crippen LogP contribution in [0, 0.1) is 0 Å². The second kappa shape index (κ2) is 5.36. The average molecular weight is 168 g/mol. The fourth-order valence-corrected chi connectivity index (χ4v) is 1.37. The van der Waals surface area contributed by atoms with Gasteiger partial charge in [-0.25, -0.2) is 0 Å². The van der Waals surface area contributed by atoms with Gasteiger partial charge in [0.05, 0.1) is 8.07 Å². The largest absolute Gasteiger partial charge is 0.0950 e. The monoisotopic (exact) mass is 168 g/mol. The van der Waals surface area contributed by atoms with Gasteiger partial charge < -0.3 is 0 Å². The lowest BCUT2D eigenvalue weighted by Gasteiger charge is -2.06. The smallest absolute Gasteiger partial charge is 0.0686 e. The second-order valence-corrected chi connectivity index (χ2v) is 9.01. The Hall–Kier alpha value is -0.303. The molecule has 0 aromatic heterocycles. The highest BCUT2D eigenvalue weighted by molar-refractivity contribution is 6.80. The van der Waals surface area contributed by atoms with E-state index in [-0.39, 0.29) is 0 Å². The van der Waals surface area contributed by atoms with Crippen molar-refractivity contribution in [2.45, 2.75) is 39.4 Å². The first kappa shape index (κ1) is 10.7. The minimum atomic E-state index is -0.949. The average Bonchev–Trinajstić information content (AvgIpc) is 1.85. The number of rotatable bonds is 4. The van der Waals surface area contributed by atoms with Crippen molar-refractivity contribution in [3.8, 4) is 0 Å². The normalized spacial score (nSPS) is 13.5. The van der Waals surface area contributed by atoms with E-state index >= 15 is 0 Å². The Kier molecular flexibility index (Phi) is 5.21. The van der Waals surface area contributed by atoms with Crippen LogP contribution in [0.4, 0.5) is 0 Å². The summed E-state index contributed by atoms with van der Waals surface area (Å²) < 4.78 is 0. The lowest BCUT2D eigenvalue weighted by atomic mass is 10.3.